The molecule has 1 aromatic carbocycles. The Morgan fingerprint density at radius 1 is 1.38 bits per heavy atom. The molecule has 0 aliphatic heterocycles. The standard InChI is InChI=1S/C12H17N3O/c1-7(2)11(13)12-9-6-8(16-3)4-5-10(9)14-15-12/h4-7,11H,13H2,1-3H3,(H,14,15). The van der Waals surface area contributed by atoms with Gasteiger partial charge in [-0.15, -0.1) is 0 Å². The maximum atomic E-state index is 6.13. The third-order valence-corrected chi connectivity index (χ3v) is 2.84. The summed E-state index contributed by atoms with van der Waals surface area (Å²) in [6.45, 7) is 4.19. The minimum absolute atomic E-state index is 0.0305. The number of ether oxygens (including phenoxy) is 1. The highest BCUT2D eigenvalue weighted by atomic mass is 16.5. The van der Waals surface area contributed by atoms with Crippen molar-refractivity contribution in [3.05, 3.63) is 23.9 Å². The highest BCUT2D eigenvalue weighted by molar-refractivity contribution is 5.83. The third-order valence-electron chi connectivity index (χ3n) is 2.84. The number of aromatic amines is 1. The van der Waals surface area contributed by atoms with E-state index in [1.165, 1.54) is 0 Å². The number of H-pyrrole nitrogens is 1. The van der Waals surface area contributed by atoms with Crippen LogP contribution in [-0.4, -0.2) is 17.3 Å². The van der Waals surface area contributed by atoms with Crippen molar-refractivity contribution in [3.63, 3.8) is 0 Å². The van der Waals surface area contributed by atoms with Crippen molar-refractivity contribution in [1.82, 2.24) is 10.2 Å². The van der Waals surface area contributed by atoms with Gasteiger partial charge < -0.3 is 10.5 Å². The number of nitrogens with two attached hydrogens (primary N) is 1. The van der Waals surface area contributed by atoms with Gasteiger partial charge in [-0.1, -0.05) is 13.8 Å². The van der Waals surface area contributed by atoms with Crippen LogP contribution in [0.3, 0.4) is 0 Å². The fourth-order valence-corrected chi connectivity index (χ4v) is 1.72. The number of aromatic nitrogens is 2. The Morgan fingerprint density at radius 2 is 2.12 bits per heavy atom. The molecule has 1 unspecified atom stereocenters. The second-order valence-electron chi connectivity index (χ2n) is 4.29. The number of fused-ring (bicyclic) bond motifs is 1. The summed E-state index contributed by atoms with van der Waals surface area (Å²) in [6.07, 6.45) is 0. The molecule has 0 aliphatic rings. The van der Waals surface area contributed by atoms with E-state index in [0.29, 0.717) is 5.92 Å². The van der Waals surface area contributed by atoms with Gasteiger partial charge >= 0.3 is 0 Å². The molecule has 4 nitrogen and oxygen atoms in total. The summed E-state index contributed by atoms with van der Waals surface area (Å²) in [6, 6.07) is 5.77. The number of methoxy groups -OCH3 is 1. The Kier molecular flexibility index (Phi) is 2.83. The molecule has 0 fully saturated rings. The van der Waals surface area contributed by atoms with Gasteiger partial charge in [0.2, 0.25) is 0 Å². The Bertz CT molecular complexity index is 490. The van der Waals surface area contributed by atoms with Crippen LogP contribution < -0.4 is 10.5 Å². The lowest BCUT2D eigenvalue weighted by molar-refractivity contribution is 0.415. The van der Waals surface area contributed by atoms with Gasteiger partial charge in [-0.2, -0.15) is 5.10 Å². The molecule has 1 heterocycles. The maximum absolute atomic E-state index is 6.13. The predicted molar refractivity (Wildman–Crippen MR) is 64.4 cm³/mol. The lowest BCUT2D eigenvalue weighted by Gasteiger charge is -2.14. The van der Waals surface area contributed by atoms with Gasteiger partial charge in [0.25, 0.3) is 0 Å². The molecule has 86 valence electrons. The van der Waals surface area contributed by atoms with Crippen LogP contribution in [0.25, 0.3) is 10.9 Å². The van der Waals surface area contributed by atoms with Crippen LogP contribution in [0.15, 0.2) is 18.2 Å². The summed E-state index contributed by atoms with van der Waals surface area (Å²) < 4.78 is 5.20. The first-order valence-corrected chi connectivity index (χ1v) is 5.41. The topological polar surface area (TPSA) is 63.9 Å². The first kappa shape index (κ1) is 11.0. The second-order valence-corrected chi connectivity index (χ2v) is 4.29. The third kappa shape index (κ3) is 1.76. The van der Waals surface area contributed by atoms with Crippen molar-refractivity contribution >= 4 is 10.9 Å². The summed E-state index contributed by atoms with van der Waals surface area (Å²) in [5.74, 6) is 1.20. The van der Waals surface area contributed by atoms with E-state index in [1.807, 2.05) is 18.2 Å². The van der Waals surface area contributed by atoms with E-state index >= 15 is 0 Å². The van der Waals surface area contributed by atoms with Gasteiger partial charge in [0.1, 0.15) is 5.75 Å². The molecule has 0 radical (unpaired) electrons. The van der Waals surface area contributed by atoms with Crippen molar-refractivity contribution in [2.45, 2.75) is 19.9 Å². The molecular weight excluding hydrogens is 202 g/mol. The minimum atomic E-state index is -0.0305. The lowest BCUT2D eigenvalue weighted by atomic mass is 9.99. The van der Waals surface area contributed by atoms with Crippen molar-refractivity contribution in [2.24, 2.45) is 11.7 Å². The van der Waals surface area contributed by atoms with Gasteiger partial charge in [0.15, 0.2) is 0 Å². The van der Waals surface area contributed by atoms with Crippen LogP contribution in [0.1, 0.15) is 25.6 Å². The molecule has 0 spiro atoms. The lowest BCUT2D eigenvalue weighted by Crippen LogP contribution is -2.17. The van der Waals surface area contributed by atoms with E-state index in [4.69, 9.17) is 10.5 Å². The average molecular weight is 219 g/mol. The number of hydrogen-bond acceptors (Lipinski definition) is 3. The number of benzene rings is 1. The molecule has 1 atom stereocenters. The molecule has 3 N–H and O–H groups in total. The molecule has 4 heteroatoms. The van der Waals surface area contributed by atoms with Crippen LogP contribution in [0.5, 0.6) is 5.75 Å². The molecule has 0 aliphatic carbocycles. The van der Waals surface area contributed by atoms with E-state index < -0.39 is 0 Å². The van der Waals surface area contributed by atoms with Gasteiger partial charge in [-0.05, 0) is 24.1 Å². The molecule has 2 aromatic rings. The fourth-order valence-electron chi connectivity index (χ4n) is 1.72. The molecule has 0 amide bonds. The number of hydrogen-bond donors (Lipinski definition) is 2. The monoisotopic (exact) mass is 219 g/mol. The highest BCUT2D eigenvalue weighted by Crippen LogP contribution is 2.27. The zero-order valence-corrected chi connectivity index (χ0v) is 9.82. The highest BCUT2D eigenvalue weighted by Gasteiger charge is 2.16. The van der Waals surface area contributed by atoms with E-state index in [0.717, 1.165) is 22.3 Å². The molecule has 0 saturated carbocycles. The van der Waals surface area contributed by atoms with E-state index in [2.05, 4.69) is 24.0 Å². The van der Waals surface area contributed by atoms with Crippen LogP contribution >= 0.6 is 0 Å². The van der Waals surface area contributed by atoms with Crippen molar-refractivity contribution in [2.75, 3.05) is 7.11 Å². The van der Waals surface area contributed by atoms with Crippen LogP contribution in [0.4, 0.5) is 0 Å². The molecule has 0 saturated heterocycles. The minimum Gasteiger partial charge on any atom is -0.497 e. The first-order chi connectivity index (χ1) is 7.63. The summed E-state index contributed by atoms with van der Waals surface area (Å²) >= 11 is 0. The van der Waals surface area contributed by atoms with Gasteiger partial charge in [0.05, 0.1) is 18.3 Å². The molecular formula is C12H17N3O. The summed E-state index contributed by atoms with van der Waals surface area (Å²) in [5, 5.41) is 8.29. The number of nitrogens with one attached hydrogen (secondary N) is 1. The Balaban J connectivity index is 2.53. The van der Waals surface area contributed by atoms with Crippen LogP contribution in [-0.2, 0) is 0 Å². The van der Waals surface area contributed by atoms with E-state index in [9.17, 15) is 0 Å². The van der Waals surface area contributed by atoms with Gasteiger partial charge in [0, 0.05) is 11.4 Å². The largest absolute Gasteiger partial charge is 0.497 e. The zero-order chi connectivity index (χ0) is 11.7. The summed E-state index contributed by atoms with van der Waals surface area (Å²) in [4.78, 5) is 0. The molecule has 0 bridgehead atoms. The average Bonchev–Trinajstić information content (AvgIpc) is 2.70. The Hall–Kier alpha value is -1.55. The van der Waals surface area contributed by atoms with Crippen LogP contribution in [0.2, 0.25) is 0 Å². The normalized spacial score (nSPS) is 13.3. The predicted octanol–water partition coefficient (Wildman–Crippen LogP) is 2.23. The molecule has 2 rings (SSSR count). The number of rotatable bonds is 3. The smallest absolute Gasteiger partial charge is 0.119 e. The summed E-state index contributed by atoms with van der Waals surface area (Å²) in [7, 11) is 1.66. The van der Waals surface area contributed by atoms with Crippen molar-refractivity contribution in [1.29, 1.82) is 0 Å². The quantitative estimate of drug-likeness (QED) is 0.832. The van der Waals surface area contributed by atoms with Crippen LogP contribution in [0, 0.1) is 5.92 Å². The molecule has 16 heavy (non-hydrogen) atoms. The zero-order valence-electron chi connectivity index (χ0n) is 9.82. The van der Waals surface area contributed by atoms with Crippen molar-refractivity contribution < 1.29 is 4.74 Å². The SMILES string of the molecule is COc1ccc2n[nH]c(C(N)C(C)C)c2c1. The number of nitrogens with zero attached hydrogens (tertiary/aromatic N) is 1. The van der Waals surface area contributed by atoms with Gasteiger partial charge in [-0.3, -0.25) is 5.10 Å². The van der Waals surface area contributed by atoms with E-state index in [-0.39, 0.29) is 6.04 Å². The fraction of sp³-hybridized carbons (Fsp3) is 0.417. The summed E-state index contributed by atoms with van der Waals surface area (Å²) in [5.41, 5.74) is 8.03. The first-order valence-electron chi connectivity index (χ1n) is 5.41. The van der Waals surface area contributed by atoms with Crippen molar-refractivity contribution in [3.8, 4) is 5.75 Å². The Labute approximate surface area is 94.8 Å². The maximum Gasteiger partial charge on any atom is 0.119 e. The second kappa shape index (κ2) is 4.14. The Morgan fingerprint density at radius 3 is 2.75 bits per heavy atom. The van der Waals surface area contributed by atoms with Gasteiger partial charge in [-0.25, -0.2) is 0 Å². The molecule has 1 aromatic heterocycles. The van der Waals surface area contributed by atoms with E-state index in [1.54, 1.807) is 7.11 Å².